The van der Waals surface area contributed by atoms with E-state index in [0.717, 1.165) is 25.7 Å². The normalized spacial score (nSPS) is 30.0. The van der Waals surface area contributed by atoms with Crippen molar-refractivity contribution in [3.8, 4) is 0 Å². The molecule has 0 aromatic carbocycles. The van der Waals surface area contributed by atoms with Gasteiger partial charge in [-0.1, -0.05) is 26.2 Å². The quantitative estimate of drug-likeness (QED) is 0.373. The van der Waals surface area contributed by atoms with Gasteiger partial charge in [0.25, 0.3) is 0 Å². The first-order valence-corrected chi connectivity index (χ1v) is 5.23. The van der Waals surface area contributed by atoms with E-state index >= 15 is 0 Å². The molecule has 80 valence electrons. The van der Waals surface area contributed by atoms with Crippen LogP contribution in [0.25, 0.3) is 0 Å². The summed E-state index contributed by atoms with van der Waals surface area (Å²) in [5, 5.41) is 10.6. The van der Waals surface area contributed by atoms with Gasteiger partial charge in [0.2, 0.25) is 6.04 Å². The fraction of sp³-hybridized carbons (Fsp3) is 0.900. The minimum Gasteiger partial charge on any atom is -0.299 e. The second-order valence-corrected chi connectivity index (χ2v) is 4.07. The lowest BCUT2D eigenvalue weighted by Gasteiger charge is -1.94. The van der Waals surface area contributed by atoms with Gasteiger partial charge in [-0.3, -0.25) is 14.9 Å². The Hall–Kier alpha value is -0.930. The molecule has 0 heterocycles. The molecule has 0 amide bonds. The van der Waals surface area contributed by atoms with Crippen molar-refractivity contribution in [1.82, 2.24) is 0 Å². The highest BCUT2D eigenvalue weighted by Gasteiger charge is 2.61. The van der Waals surface area contributed by atoms with Crippen LogP contribution in [0.1, 0.15) is 39.5 Å². The Bertz CT molecular complexity index is 220. The largest absolute Gasteiger partial charge is 0.299 e. The van der Waals surface area contributed by atoms with E-state index in [1.807, 2.05) is 0 Å². The third-order valence-corrected chi connectivity index (χ3v) is 2.98. The Morgan fingerprint density at radius 3 is 2.43 bits per heavy atom. The second-order valence-electron chi connectivity index (χ2n) is 4.07. The monoisotopic (exact) mass is 199 g/mol. The number of carbonyl (C=O) groups is 1. The number of hydrogen-bond donors (Lipinski definition) is 0. The first-order valence-electron chi connectivity index (χ1n) is 5.23. The maximum Gasteiger partial charge on any atom is 0.227 e. The van der Waals surface area contributed by atoms with Gasteiger partial charge in [-0.2, -0.15) is 0 Å². The van der Waals surface area contributed by atoms with E-state index in [1.165, 1.54) is 6.92 Å². The summed E-state index contributed by atoms with van der Waals surface area (Å²) in [6.07, 6.45) is 4.06. The van der Waals surface area contributed by atoms with Crippen LogP contribution in [0.5, 0.6) is 0 Å². The molecule has 0 bridgehead atoms. The molecule has 4 heteroatoms. The zero-order valence-electron chi connectivity index (χ0n) is 8.73. The molecular weight excluding hydrogens is 182 g/mol. The van der Waals surface area contributed by atoms with Crippen LogP contribution in [0.2, 0.25) is 0 Å². The van der Waals surface area contributed by atoms with Crippen molar-refractivity contribution in [2.75, 3.05) is 0 Å². The molecule has 0 radical (unpaired) electrons. The van der Waals surface area contributed by atoms with Crippen molar-refractivity contribution in [2.45, 2.75) is 45.6 Å². The smallest absolute Gasteiger partial charge is 0.227 e. The number of carbonyl (C=O) groups excluding carboxylic acids is 1. The van der Waals surface area contributed by atoms with Crippen LogP contribution in [-0.4, -0.2) is 16.7 Å². The van der Waals surface area contributed by atoms with Crippen LogP contribution in [0.4, 0.5) is 0 Å². The van der Waals surface area contributed by atoms with Gasteiger partial charge in [-0.15, -0.1) is 0 Å². The van der Waals surface area contributed by atoms with E-state index in [9.17, 15) is 14.9 Å². The SMILES string of the molecule is CCCCCC1C(C(C)=O)C1[N+](=O)[O-]. The molecule has 1 rings (SSSR count). The van der Waals surface area contributed by atoms with E-state index < -0.39 is 6.04 Å². The van der Waals surface area contributed by atoms with Gasteiger partial charge in [-0.25, -0.2) is 0 Å². The molecule has 3 atom stereocenters. The van der Waals surface area contributed by atoms with E-state index in [4.69, 9.17) is 0 Å². The standard InChI is InChI=1S/C10H17NO3/c1-3-4-5-6-8-9(7(2)12)10(8)11(13)14/h8-10H,3-6H2,1-2H3. The lowest BCUT2D eigenvalue weighted by molar-refractivity contribution is -0.500. The molecule has 0 saturated heterocycles. The van der Waals surface area contributed by atoms with Crippen molar-refractivity contribution in [1.29, 1.82) is 0 Å². The van der Waals surface area contributed by atoms with Crippen LogP contribution in [0, 0.1) is 22.0 Å². The number of hydrogen-bond acceptors (Lipinski definition) is 3. The third-order valence-electron chi connectivity index (χ3n) is 2.98. The predicted octanol–water partition coefficient (Wildman–Crippen LogP) is 2.05. The number of Topliss-reactive ketones (excluding diaryl/α,β-unsaturated/α-hetero) is 1. The van der Waals surface area contributed by atoms with Crippen LogP contribution in [0.15, 0.2) is 0 Å². The molecule has 4 nitrogen and oxygen atoms in total. The average Bonchev–Trinajstić information content (AvgIpc) is 2.79. The fourth-order valence-electron chi connectivity index (χ4n) is 2.17. The fourth-order valence-corrected chi connectivity index (χ4v) is 2.17. The second kappa shape index (κ2) is 4.53. The van der Waals surface area contributed by atoms with Crippen molar-refractivity contribution < 1.29 is 9.72 Å². The van der Waals surface area contributed by atoms with Crippen LogP contribution >= 0.6 is 0 Å². The first-order chi connectivity index (χ1) is 6.59. The van der Waals surface area contributed by atoms with Gasteiger partial charge < -0.3 is 0 Å². The van der Waals surface area contributed by atoms with Gasteiger partial charge in [0.1, 0.15) is 5.78 Å². The zero-order valence-corrected chi connectivity index (χ0v) is 8.73. The minimum atomic E-state index is -0.579. The number of nitrogens with zero attached hydrogens (tertiary/aromatic N) is 1. The molecule has 1 fully saturated rings. The highest BCUT2D eigenvalue weighted by atomic mass is 16.6. The number of ketones is 1. The van der Waals surface area contributed by atoms with E-state index in [1.54, 1.807) is 0 Å². The van der Waals surface area contributed by atoms with Crippen LogP contribution in [0.3, 0.4) is 0 Å². The zero-order chi connectivity index (χ0) is 10.7. The molecule has 3 unspecified atom stereocenters. The third kappa shape index (κ3) is 2.30. The Kier molecular flexibility index (Phi) is 3.61. The van der Waals surface area contributed by atoms with Crippen molar-refractivity contribution in [2.24, 2.45) is 11.8 Å². The number of rotatable bonds is 6. The van der Waals surface area contributed by atoms with Crippen molar-refractivity contribution in [3.05, 3.63) is 10.1 Å². The lowest BCUT2D eigenvalue weighted by atomic mass is 10.1. The van der Waals surface area contributed by atoms with E-state index in [0.29, 0.717) is 0 Å². The molecule has 1 aliphatic carbocycles. The summed E-state index contributed by atoms with van der Waals surface area (Å²) >= 11 is 0. The minimum absolute atomic E-state index is 0.0202. The molecule has 0 N–H and O–H groups in total. The maximum absolute atomic E-state index is 11.1. The number of nitro groups is 1. The maximum atomic E-state index is 11.1. The Morgan fingerprint density at radius 1 is 1.43 bits per heavy atom. The summed E-state index contributed by atoms with van der Waals surface area (Å²) in [4.78, 5) is 21.3. The number of unbranched alkanes of at least 4 members (excludes halogenated alkanes) is 2. The molecule has 1 saturated carbocycles. The van der Waals surface area contributed by atoms with Gasteiger partial charge in [0.15, 0.2) is 0 Å². The molecule has 0 aliphatic heterocycles. The average molecular weight is 199 g/mol. The van der Waals surface area contributed by atoms with E-state index in [-0.39, 0.29) is 22.5 Å². The van der Waals surface area contributed by atoms with Gasteiger partial charge in [0.05, 0.1) is 5.92 Å². The summed E-state index contributed by atoms with van der Waals surface area (Å²) in [6, 6.07) is -0.579. The van der Waals surface area contributed by atoms with Gasteiger partial charge >= 0.3 is 0 Å². The topological polar surface area (TPSA) is 60.2 Å². The Morgan fingerprint density at radius 2 is 2.07 bits per heavy atom. The molecular formula is C10H17NO3. The molecule has 0 spiro atoms. The Balaban J connectivity index is 2.38. The Labute approximate surface area is 83.8 Å². The van der Waals surface area contributed by atoms with Gasteiger partial charge in [0, 0.05) is 10.8 Å². The summed E-state index contributed by atoms with van der Waals surface area (Å²) < 4.78 is 0. The highest BCUT2D eigenvalue weighted by molar-refractivity contribution is 5.82. The van der Waals surface area contributed by atoms with Crippen LogP contribution in [-0.2, 0) is 4.79 Å². The lowest BCUT2D eigenvalue weighted by Crippen LogP contribution is -2.08. The van der Waals surface area contributed by atoms with Gasteiger partial charge in [-0.05, 0) is 13.3 Å². The van der Waals surface area contributed by atoms with Crippen molar-refractivity contribution in [3.63, 3.8) is 0 Å². The highest BCUT2D eigenvalue weighted by Crippen LogP contribution is 2.45. The van der Waals surface area contributed by atoms with E-state index in [2.05, 4.69) is 6.92 Å². The summed E-state index contributed by atoms with van der Waals surface area (Å²) in [7, 11) is 0. The molecule has 14 heavy (non-hydrogen) atoms. The van der Waals surface area contributed by atoms with Crippen molar-refractivity contribution >= 4 is 5.78 Å². The summed E-state index contributed by atoms with van der Waals surface area (Å²) in [5.74, 6) is -0.288. The summed E-state index contributed by atoms with van der Waals surface area (Å²) in [6.45, 7) is 3.56. The molecule has 0 aromatic rings. The van der Waals surface area contributed by atoms with Crippen LogP contribution < -0.4 is 0 Å². The first kappa shape index (κ1) is 11.1. The summed E-state index contributed by atoms with van der Waals surface area (Å²) in [5.41, 5.74) is 0. The molecule has 1 aliphatic rings. The predicted molar refractivity (Wildman–Crippen MR) is 52.6 cm³/mol. The molecule has 0 aromatic heterocycles.